The molecule has 2 rings (SSSR count). The zero-order valence-corrected chi connectivity index (χ0v) is 12.2. The number of hydrogen-bond donors (Lipinski definition) is 2. The van der Waals surface area contributed by atoms with Gasteiger partial charge in [0.05, 0.1) is 25.9 Å². The number of nitrogens with two attached hydrogens (primary N) is 1. The van der Waals surface area contributed by atoms with Crippen LogP contribution >= 0.6 is 28.1 Å². The number of hydrogen-bond acceptors (Lipinski definition) is 4. The van der Waals surface area contributed by atoms with Crippen LogP contribution in [0.15, 0.2) is 22.7 Å². The monoisotopic (exact) mass is 330 g/mol. The highest BCUT2D eigenvalue weighted by molar-refractivity contribution is 9.10. The van der Waals surface area contributed by atoms with E-state index in [4.69, 9.17) is 22.7 Å². The van der Waals surface area contributed by atoms with Crippen LogP contribution in [0.5, 0.6) is 0 Å². The van der Waals surface area contributed by atoms with Crippen molar-refractivity contribution in [2.75, 3.05) is 31.3 Å². The van der Waals surface area contributed by atoms with E-state index in [-0.39, 0.29) is 12.6 Å². The van der Waals surface area contributed by atoms with Crippen molar-refractivity contribution in [3.63, 3.8) is 0 Å². The minimum absolute atomic E-state index is 0.0449. The molecule has 0 amide bonds. The summed E-state index contributed by atoms with van der Waals surface area (Å²) in [6.07, 6.45) is 0. The van der Waals surface area contributed by atoms with Crippen LogP contribution in [-0.4, -0.2) is 42.5 Å². The second-order valence-electron chi connectivity index (χ2n) is 4.10. The van der Waals surface area contributed by atoms with Gasteiger partial charge in [0.1, 0.15) is 4.99 Å². The lowest BCUT2D eigenvalue weighted by Crippen LogP contribution is -2.48. The van der Waals surface area contributed by atoms with Crippen molar-refractivity contribution in [1.29, 1.82) is 0 Å². The molecule has 6 heteroatoms. The molecule has 1 unspecified atom stereocenters. The number of rotatable bonds is 3. The number of morpholine rings is 1. The van der Waals surface area contributed by atoms with Gasteiger partial charge in [-0.3, -0.25) is 0 Å². The molecule has 1 aliphatic heterocycles. The van der Waals surface area contributed by atoms with Crippen molar-refractivity contribution >= 4 is 38.8 Å². The molecule has 1 saturated heterocycles. The van der Waals surface area contributed by atoms with Gasteiger partial charge in [-0.25, -0.2) is 0 Å². The zero-order valence-electron chi connectivity index (χ0n) is 9.80. The van der Waals surface area contributed by atoms with Gasteiger partial charge in [-0.05, 0) is 28.1 Å². The van der Waals surface area contributed by atoms with E-state index >= 15 is 0 Å². The largest absolute Gasteiger partial charge is 0.394 e. The van der Waals surface area contributed by atoms with Crippen LogP contribution in [0.1, 0.15) is 5.56 Å². The van der Waals surface area contributed by atoms with Crippen LogP contribution in [0, 0.1) is 0 Å². The van der Waals surface area contributed by atoms with Crippen LogP contribution in [0.25, 0.3) is 0 Å². The molecule has 0 radical (unpaired) electrons. The van der Waals surface area contributed by atoms with Gasteiger partial charge >= 0.3 is 0 Å². The zero-order chi connectivity index (χ0) is 13.1. The van der Waals surface area contributed by atoms with E-state index in [1.807, 2.05) is 18.2 Å². The highest BCUT2D eigenvalue weighted by atomic mass is 79.9. The summed E-state index contributed by atoms with van der Waals surface area (Å²) in [4.78, 5) is 2.45. The third-order valence-corrected chi connectivity index (χ3v) is 3.85. The van der Waals surface area contributed by atoms with Gasteiger partial charge in [-0.1, -0.05) is 18.3 Å². The molecule has 0 bridgehead atoms. The average molecular weight is 331 g/mol. The van der Waals surface area contributed by atoms with Gasteiger partial charge in [-0.15, -0.1) is 0 Å². The van der Waals surface area contributed by atoms with Crippen LogP contribution in [-0.2, 0) is 4.74 Å². The standard InChI is InChI=1S/C12H15BrN2O2S/c13-9-2-1-3-10(11(9)12(14)18)15-4-5-17-7-8(15)6-16/h1-3,8,16H,4-7H2,(H2,14,18). The van der Waals surface area contributed by atoms with E-state index in [9.17, 15) is 5.11 Å². The topological polar surface area (TPSA) is 58.7 Å². The first-order valence-corrected chi connectivity index (χ1v) is 6.89. The van der Waals surface area contributed by atoms with Gasteiger partial charge in [0.25, 0.3) is 0 Å². The highest BCUT2D eigenvalue weighted by Crippen LogP contribution is 2.30. The molecule has 98 valence electrons. The fourth-order valence-electron chi connectivity index (χ4n) is 2.12. The predicted octanol–water partition coefficient (Wildman–Crippen LogP) is 1.28. The first-order valence-electron chi connectivity index (χ1n) is 5.68. The fourth-order valence-corrected chi connectivity index (χ4v) is 3.03. The molecule has 1 fully saturated rings. The Morgan fingerprint density at radius 1 is 1.61 bits per heavy atom. The molecular weight excluding hydrogens is 316 g/mol. The number of halogens is 1. The Morgan fingerprint density at radius 2 is 2.39 bits per heavy atom. The molecule has 1 atom stereocenters. The number of benzene rings is 1. The summed E-state index contributed by atoms with van der Waals surface area (Å²) < 4.78 is 6.25. The Labute approximate surface area is 120 Å². The molecule has 0 aliphatic carbocycles. The fraction of sp³-hybridized carbons (Fsp3) is 0.417. The molecule has 4 nitrogen and oxygen atoms in total. The third kappa shape index (κ3) is 2.66. The number of thiocarbonyl (C=S) groups is 1. The second kappa shape index (κ2) is 5.97. The minimum Gasteiger partial charge on any atom is -0.394 e. The van der Waals surface area contributed by atoms with E-state index in [2.05, 4.69) is 20.8 Å². The van der Waals surface area contributed by atoms with E-state index < -0.39 is 0 Å². The number of nitrogens with zero attached hydrogens (tertiary/aromatic N) is 1. The molecule has 3 N–H and O–H groups in total. The molecule has 1 aliphatic rings. The van der Waals surface area contributed by atoms with Crippen LogP contribution < -0.4 is 10.6 Å². The molecule has 0 spiro atoms. The van der Waals surface area contributed by atoms with Crippen molar-refractivity contribution in [2.45, 2.75) is 6.04 Å². The lowest BCUT2D eigenvalue weighted by atomic mass is 10.1. The average Bonchev–Trinajstić information content (AvgIpc) is 2.38. The maximum Gasteiger partial charge on any atom is 0.107 e. The molecular formula is C12H15BrN2O2S. The summed E-state index contributed by atoms with van der Waals surface area (Å²) in [7, 11) is 0. The van der Waals surface area contributed by atoms with E-state index in [1.165, 1.54) is 0 Å². The molecule has 18 heavy (non-hydrogen) atoms. The van der Waals surface area contributed by atoms with Gasteiger partial charge in [-0.2, -0.15) is 0 Å². The lowest BCUT2D eigenvalue weighted by Gasteiger charge is -2.37. The second-order valence-corrected chi connectivity index (χ2v) is 5.40. The molecule has 1 aromatic carbocycles. The number of anilines is 1. The van der Waals surface area contributed by atoms with Crippen molar-refractivity contribution in [2.24, 2.45) is 5.73 Å². The predicted molar refractivity (Wildman–Crippen MR) is 79.1 cm³/mol. The third-order valence-electron chi connectivity index (χ3n) is 2.99. The van der Waals surface area contributed by atoms with E-state index in [0.717, 1.165) is 22.3 Å². The maximum absolute atomic E-state index is 9.42. The number of ether oxygens (including phenoxy) is 1. The SMILES string of the molecule is NC(=S)c1c(Br)cccc1N1CCOCC1CO. The first-order chi connectivity index (χ1) is 8.65. The molecule has 0 saturated carbocycles. The Bertz CT molecular complexity index is 456. The number of aliphatic hydroxyl groups excluding tert-OH is 1. The Kier molecular flexibility index (Phi) is 4.55. The Morgan fingerprint density at radius 3 is 3.06 bits per heavy atom. The summed E-state index contributed by atoms with van der Waals surface area (Å²) in [6, 6.07) is 5.76. The first kappa shape index (κ1) is 13.7. The van der Waals surface area contributed by atoms with Crippen molar-refractivity contribution in [3.05, 3.63) is 28.2 Å². The smallest absolute Gasteiger partial charge is 0.107 e. The van der Waals surface area contributed by atoms with Crippen molar-refractivity contribution < 1.29 is 9.84 Å². The summed E-state index contributed by atoms with van der Waals surface area (Å²) in [5.74, 6) is 0. The molecule has 1 aromatic rings. The van der Waals surface area contributed by atoms with E-state index in [1.54, 1.807) is 0 Å². The summed E-state index contributed by atoms with van der Waals surface area (Å²) >= 11 is 8.58. The summed E-state index contributed by atoms with van der Waals surface area (Å²) in [5.41, 5.74) is 7.55. The van der Waals surface area contributed by atoms with Gasteiger partial charge < -0.3 is 20.5 Å². The highest BCUT2D eigenvalue weighted by Gasteiger charge is 2.25. The van der Waals surface area contributed by atoms with Gasteiger partial charge in [0.15, 0.2) is 0 Å². The van der Waals surface area contributed by atoms with Gasteiger partial charge in [0.2, 0.25) is 0 Å². The normalized spacial score (nSPS) is 19.9. The summed E-state index contributed by atoms with van der Waals surface area (Å²) in [6.45, 7) is 1.92. The Balaban J connectivity index is 2.42. The van der Waals surface area contributed by atoms with Crippen molar-refractivity contribution in [1.82, 2.24) is 0 Å². The van der Waals surface area contributed by atoms with Crippen LogP contribution in [0.3, 0.4) is 0 Å². The number of aliphatic hydroxyl groups is 1. The van der Waals surface area contributed by atoms with Crippen molar-refractivity contribution in [3.8, 4) is 0 Å². The Hall–Kier alpha value is -0.690. The lowest BCUT2D eigenvalue weighted by molar-refractivity contribution is 0.0727. The molecule has 1 heterocycles. The minimum atomic E-state index is -0.0545. The summed E-state index contributed by atoms with van der Waals surface area (Å²) in [5, 5.41) is 9.42. The van der Waals surface area contributed by atoms with E-state index in [0.29, 0.717) is 18.2 Å². The van der Waals surface area contributed by atoms with Crippen LogP contribution in [0.4, 0.5) is 5.69 Å². The maximum atomic E-state index is 9.42. The van der Waals surface area contributed by atoms with Crippen LogP contribution in [0.2, 0.25) is 0 Å². The molecule has 0 aromatic heterocycles. The quantitative estimate of drug-likeness (QED) is 0.817. The van der Waals surface area contributed by atoms with Gasteiger partial charge in [0, 0.05) is 22.3 Å².